The summed E-state index contributed by atoms with van der Waals surface area (Å²) in [5, 5.41) is 9.20. The zero-order valence-electron chi connectivity index (χ0n) is 9.98. The molecular weight excluding hydrogens is 277 g/mol. The molecular formula is C12H13Cl2NO3. The summed E-state index contributed by atoms with van der Waals surface area (Å²) in [6.45, 7) is 3.10. The van der Waals surface area contributed by atoms with Crippen LogP contribution in [0, 0.1) is 0 Å². The van der Waals surface area contributed by atoms with E-state index in [1.54, 1.807) is 26.0 Å². The third-order valence-electron chi connectivity index (χ3n) is 2.37. The number of hydrogen-bond acceptors (Lipinski definition) is 2. The van der Waals surface area contributed by atoms with Gasteiger partial charge in [0.1, 0.15) is 6.54 Å². The molecule has 98 valence electrons. The molecule has 0 fully saturated rings. The number of nitrogens with zero attached hydrogens (tertiary/aromatic N) is 1. The van der Waals surface area contributed by atoms with E-state index >= 15 is 0 Å². The standard InChI is InChI=1S/C12H13Cl2NO3/c1-7(2)15(6-10(16)17)12(18)8-4-3-5-9(13)11(8)14/h3-5,7H,6H2,1-2H3,(H,16,17). The number of carboxylic acid groups (broad SMARTS) is 1. The second-order valence-electron chi connectivity index (χ2n) is 4.02. The summed E-state index contributed by atoms with van der Waals surface area (Å²) in [4.78, 5) is 24.2. The van der Waals surface area contributed by atoms with Crippen molar-refractivity contribution in [1.29, 1.82) is 0 Å². The highest BCUT2D eigenvalue weighted by atomic mass is 35.5. The Kier molecular flexibility index (Phi) is 4.99. The van der Waals surface area contributed by atoms with E-state index in [1.807, 2.05) is 0 Å². The molecule has 1 rings (SSSR count). The topological polar surface area (TPSA) is 57.6 Å². The molecule has 6 heteroatoms. The lowest BCUT2D eigenvalue weighted by Crippen LogP contribution is -2.40. The van der Waals surface area contributed by atoms with E-state index in [0.29, 0.717) is 0 Å². The molecule has 0 aliphatic carbocycles. The van der Waals surface area contributed by atoms with Crippen molar-refractivity contribution < 1.29 is 14.7 Å². The molecule has 0 aromatic heterocycles. The number of amides is 1. The molecule has 4 nitrogen and oxygen atoms in total. The van der Waals surface area contributed by atoms with E-state index in [2.05, 4.69) is 0 Å². The van der Waals surface area contributed by atoms with Gasteiger partial charge in [0, 0.05) is 6.04 Å². The Hall–Kier alpha value is -1.26. The van der Waals surface area contributed by atoms with Crippen molar-refractivity contribution in [2.75, 3.05) is 6.54 Å². The van der Waals surface area contributed by atoms with Gasteiger partial charge in [-0.25, -0.2) is 0 Å². The van der Waals surface area contributed by atoms with Crippen molar-refractivity contribution in [1.82, 2.24) is 4.90 Å². The molecule has 1 N–H and O–H groups in total. The Morgan fingerprint density at radius 1 is 1.33 bits per heavy atom. The van der Waals surface area contributed by atoms with Crippen LogP contribution in [0.15, 0.2) is 18.2 Å². The predicted molar refractivity (Wildman–Crippen MR) is 70.3 cm³/mol. The molecule has 0 atom stereocenters. The van der Waals surface area contributed by atoms with E-state index in [4.69, 9.17) is 28.3 Å². The summed E-state index contributed by atoms with van der Waals surface area (Å²) >= 11 is 11.8. The molecule has 0 unspecified atom stereocenters. The molecule has 0 saturated heterocycles. The van der Waals surface area contributed by atoms with Crippen LogP contribution in [0.4, 0.5) is 0 Å². The van der Waals surface area contributed by atoms with Gasteiger partial charge < -0.3 is 10.0 Å². The Morgan fingerprint density at radius 3 is 2.44 bits per heavy atom. The van der Waals surface area contributed by atoms with Crippen LogP contribution in [0.5, 0.6) is 0 Å². The second-order valence-corrected chi connectivity index (χ2v) is 4.81. The Balaban J connectivity index is 3.10. The molecule has 18 heavy (non-hydrogen) atoms. The van der Waals surface area contributed by atoms with Crippen LogP contribution in [0.25, 0.3) is 0 Å². The number of carbonyl (C=O) groups is 2. The first kappa shape index (κ1) is 14.8. The lowest BCUT2D eigenvalue weighted by molar-refractivity contribution is -0.138. The summed E-state index contributed by atoms with van der Waals surface area (Å²) in [5.74, 6) is -1.52. The third-order valence-corrected chi connectivity index (χ3v) is 3.19. The number of rotatable bonds is 4. The van der Waals surface area contributed by atoms with Crippen LogP contribution in [0.3, 0.4) is 0 Å². The lowest BCUT2D eigenvalue weighted by Gasteiger charge is -2.25. The first-order valence-corrected chi connectivity index (χ1v) is 6.07. The van der Waals surface area contributed by atoms with Gasteiger partial charge in [0.05, 0.1) is 15.6 Å². The zero-order chi connectivity index (χ0) is 13.9. The Bertz CT molecular complexity index is 474. The maximum atomic E-state index is 12.2. The fourth-order valence-corrected chi connectivity index (χ4v) is 1.84. The lowest BCUT2D eigenvalue weighted by atomic mass is 10.1. The van der Waals surface area contributed by atoms with Gasteiger partial charge in [-0.15, -0.1) is 0 Å². The molecule has 0 bridgehead atoms. The van der Waals surface area contributed by atoms with Crippen molar-refractivity contribution in [3.63, 3.8) is 0 Å². The van der Waals surface area contributed by atoms with Gasteiger partial charge in [-0.1, -0.05) is 29.3 Å². The van der Waals surface area contributed by atoms with Crippen LogP contribution in [-0.4, -0.2) is 34.5 Å². The van der Waals surface area contributed by atoms with Gasteiger partial charge in [0.25, 0.3) is 5.91 Å². The highest BCUT2D eigenvalue weighted by Gasteiger charge is 2.23. The number of carboxylic acids is 1. The fraction of sp³-hybridized carbons (Fsp3) is 0.333. The summed E-state index contributed by atoms with van der Waals surface area (Å²) in [6.07, 6.45) is 0. The normalized spacial score (nSPS) is 10.5. The number of aliphatic carboxylic acids is 1. The molecule has 1 aromatic rings. The average Bonchev–Trinajstić information content (AvgIpc) is 2.28. The first-order chi connectivity index (χ1) is 8.34. The monoisotopic (exact) mass is 289 g/mol. The summed E-state index contributed by atoms with van der Waals surface area (Å²) in [5.41, 5.74) is 0.208. The van der Waals surface area contributed by atoms with E-state index in [-0.39, 0.29) is 28.2 Å². The van der Waals surface area contributed by atoms with E-state index in [9.17, 15) is 9.59 Å². The third kappa shape index (κ3) is 3.37. The molecule has 0 aliphatic rings. The minimum absolute atomic E-state index is 0.139. The van der Waals surface area contributed by atoms with Crippen LogP contribution in [0.2, 0.25) is 10.0 Å². The van der Waals surface area contributed by atoms with E-state index in [0.717, 1.165) is 0 Å². The minimum Gasteiger partial charge on any atom is -0.480 e. The number of hydrogen-bond donors (Lipinski definition) is 1. The highest BCUT2D eigenvalue weighted by Crippen LogP contribution is 2.26. The number of benzene rings is 1. The molecule has 0 aliphatic heterocycles. The Morgan fingerprint density at radius 2 is 1.94 bits per heavy atom. The fourth-order valence-electron chi connectivity index (χ4n) is 1.46. The zero-order valence-corrected chi connectivity index (χ0v) is 11.5. The number of carbonyl (C=O) groups excluding carboxylic acids is 1. The molecule has 0 heterocycles. The highest BCUT2D eigenvalue weighted by molar-refractivity contribution is 6.43. The van der Waals surface area contributed by atoms with Crippen LogP contribution >= 0.6 is 23.2 Å². The largest absolute Gasteiger partial charge is 0.480 e. The van der Waals surface area contributed by atoms with Crippen LogP contribution < -0.4 is 0 Å². The molecule has 0 saturated carbocycles. The average molecular weight is 290 g/mol. The van der Waals surface area contributed by atoms with Crippen LogP contribution in [-0.2, 0) is 4.79 Å². The molecule has 0 radical (unpaired) electrons. The van der Waals surface area contributed by atoms with Crippen molar-refractivity contribution >= 4 is 35.1 Å². The summed E-state index contributed by atoms with van der Waals surface area (Å²) in [6, 6.07) is 4.44. The second kappa shape index (κ2) is 6.07. The van der Waals surface area contributed by atoms with Gasteiger partial charge in [0.2, 0.25) is 0 Å². The van der Waals surface area contributed by atoms with Crippen LogP contribution in [0.1, 0.15) is 24.2 Å². The van der Waals surface area contributed by atoms with Crippen molar-refractivity contribution in [3.05, 3.63) is 33.8 Å². The van der Waals surface area contributed by atoms with Gasteiger partial charge >= 0.3 is 5.97 Å². The first-order valence-electron chi connectivity index (χ1n) is 5.31. The van der Waals surface area contributed by atoms with Crippen molar-refractivity contribution in [2.45, 2.75) is 19.9 Å². The van der Waals surface area contributed by atoms with Crippen molar-refractivity contribution in [2.24, 2.45) is 0 Å². The van der Waals surface area contributed by atoms with Gasteiger partial charge in [0.15, 0.2) is 0 Å². The van der Waals surface area contributed by atoms with E-state index < -0.39 is 11.9 Å². The van der Waals surface area contributed by atoms with E-state index in [1.165, 1.54) is 11.0 Å². The maximum Gasteiger partial charge on any atom is 0.323 e. The van der Waals surface area contributed by atoms with Crippen molar-refractivity contribution in [3.8, 4) is 0 Å². The Labute approximate surface area is 115 Å². The maximum absolute atomic E-state index is 12.2. The quantitative estimate of drug-likeness (QED) is 0.927. The van der Waals surface area contributed by atoms with Gasteiger partial charge in [-0.2, -0.15) is 0 Å². The SMILES string of the molecule is CC(C)N(CC(=O)O)C(=O)c1cccc(Cl)c1Cl. The molecule has 1 amide bonds. The van der Waals surface area contributed by atoms with Gasteiger partial charge in [-0.05, 0) is 26.0 Å². The summed E-state index contributed by atoms with van der Waals surface area (Å²) in [7, 11) is 0. The number of halogens is 2. The predicted octanol–water partition coefficient (Wildman–Crippen LogP) is 2.93. The smallest absolute Gasteiger partial charge is 0.323 e. The molecule has 1 aromatic carbocycles. The minimum atomic E-state index is -1.07. The molecule has 0 spiro atoms. The van der Waals surface area contributed by atoms with Gasteiger partial charge in [-0.3, -0.25) is 9.59 Å². The summed E-state index contributed by atoms with van der Waals surface area (Å²) < 4.78 is 0.